The van der Waals surface area contributed by atoms with Gasteiger partial charge < -0.3 is 10.0 Å². The highest BCUT2D eigenvalue weighted by atomic mass is 19.1. The first kappa shape index (κ1) is 20.0. The molecule has 0 amide bonds. The monoisotopic (exact) mass is 369 g/mol. The molecule has 146 valence electrons. The zero-order valence-electron chi connectivity index (χ0n) is 16.6. The van der Waals surface area contributed by atoms with Gasteiger partial charge in [0.1, 0.15) is 5.82 Å². The van der Waals surface area contributed by atoms with Crippen molar-refractivity contribution in [1.82, 2.24) is 4.90 Å². The summed E-state index contributed by atoms with van der Waals surface area (Å²) in [5.74, 6) is 0.567. The third kappa shape index (κ3) is 5.40. The van der Waals surface area contributed by atoms with Crippen molar-refractivity contribution in [2.75, 3.05) is 20.6 Å². The number of hydrogen-bond acceptors (Lipinski definition) is 2. The van der Waals surface area contributed by atoms with Gasteiger partial charge in [-0.1, -0.05) is 42.5 Å². The zero-order valence-corrected chi connectivity index (χ0v) is 16.6. The van der Waals surface area contributed by atoms with E-state index in [0.29, 0.717) is 5.92 Å². The Labute approximate surface area is 163 Å². The van der Waals surface area contributed by atoms with Gasteiger partial charge >= 0.3 is 0 Å². The zero-order chi connectivity index (χ0) is 19.3. The van der Waals surface area contributed by atoms with E-state index in [0.717, 1.165) is 45.1 Å². The van der Waals surface area contributed by atoms with E-state index in [-0.39, 0.29) is 11.7 Å². The molecule has 0 aromatic heterocycles. The lowest BCUT2D eigenvalue weighted by atomic mass is 9.68. The van der Waals surface area contributed by atoms with Gasteiger partial charge in [-0.15, -0.1) is 0 Å². The number of benzene rings is 2. The molecule has 0 aliphatic heterocycles. The van der Waals surface area contributed by atoms with Gasteiger partial charge in [0.05, 0.1) is 5.60 Å². The molecule has 0 heterocycles. The van der Waals surface area contributed by atoms with Crippen LogP contribution in [0.25, 0.3) is 0 Å². The smallest absolute Gasteiger partial charge is 0.123 e. The molecule has 3 rings (SSSR count). The van der Waals surface area contributed by atoms with Crippen LogP contribution in [0.5, 0.6) is 0 Å². The Bertz CT molecular complexity index is 690. The molecule has 1 aliphatic rings. The maximum atomic E-state index is 13.1. The number of hydrogen-bond donors (Lipinski definition) is 1. The first-order valence-corrected chi connectivity index (χ1v) is 10.1. The van der Waals surface area contributed by atoms with Crippen molar-refractivity contribution >= 4 is 0 Å². The van der Waals surface area contributed by atoms with Crippen LogP contribution in [0, 0.1) is 11.7 Å². The van der Waals surface area contributed by atoms with Gasteiger partial charge in [-0.2, -0.15) is 0 Å². The topological polar surface area (TPSA) is 23.5 Å². The SMILES string of the molecule is CN(C)CCC(c1ccccc1)C1(O)CCC(Cc2ccc(F)cc2)CC1. The molecule has 0 saturated heterocycles. The average molecular weight is 370 g/mol. The molecule has 1 aliphatic carbocycles. The summed E-state index contributed by atoms with van der Waals surface area (Å²) in [4.78, 5) is 2.19. The fraction of sp³-hybridized carbons (Fsp3) is 0.500. The van der Waals surface area contributed by atoms with Crippen molar-refractivity contribution in [2.45, 2.75) is 50.0 Å². The molecular weight excluding hydrogens is 337 g/mol. The summed E-state index contributed by atoms with van der Waals surface area (Å²) in [6.07, 6.45) is 5.68. The molecule has 1 fully saturated rings. The summed E-state index contributed by atoms with van der Waals surface area (Å²) < 4.78 is 13.1. The molecule has 2 aromatic rings. The summed E-state index contributed by atoms with van der Waals surface area (Å²) >= 11 is 0. The van der Waals surface area contributed by atoms with Gasteiger partial charge in [0.15, 0.2) is 0 Å². The summed E-state index contributed by atoms with van der Waals surface area (Å²) in [5.41, 5.74) is 1.81. The van der Waals surface area contributed by atoms with Crippen molar-refractivity contribution in [3.8, 4) is 0 Å². The van der Waals surface area contributed by atoms with Crippen LogP contribution in [-0.2, 0) is 6.42 Å². The van der Waals surface area contributed by atoms with E-state index in [4.69, 9.17) is 0 Å². The predicted molar refractivity (Wildman–Crippen MR) is 109 cm³/mol. The second-order valence-electron chi connectivity index (χ2n) is 8.43. The summed E-state index contributed by atoms with van der Waals surface area (Å²) in [7, 11) is 4.18. The lowest BCUT2D eigenvalue weighted by Crippen LogP contribution is -2.41. The number of halogens is 1. The van der Waals surface area contributed by atoms with Gasteiger partial charge in [-0.25, -0.2) is 4.39 Å². The lowest BCUT2D eigenvalue weighted by Gasteiger charge is -2.42. The third-order valence-corrected chi connectivity index (χ3v) is 6.12. The highest BCUT2D eigenvalue weighted by Crippen LogP contribution is 2.44. The van der Waals surface area contributed by atoms with E-state index in [2.05, 4.69) is 43.3 Å². The van der Waals surface area contributed by atoms with E-state index in [1.54, 1.807) is 12.1 Å². The molecule has 3 heteroatoms. The van der Waals surface area contributed by atoms with E-state index in [1.165, 1.54) is 11.1 Å². The molecule has 1 N–H and O–H groups in total. The molecule has 1 unspecified atom stereocenters. The Morgan fingerprint density at radius 3 is 2.26 bits per heavy atom. The molecule has 1 atom stereocenters. The first-order chi connectivity index (χ1) is 13.0. The Morgan fingerprint density at radius 1 is 1.04 bits per heavy atom. The van der Waals surface area contributed by atoms with Crippen LogP contribution in [-0.4, -0.2) is 36.2 Å². The Kier molecular flexibility index (Phi) is 6.67. The van der Waals surface area contributed by atoms with Gasteiger partial charge in [-0.05, 0) is 88.3 Å². The van der Waals surface area contributed by atoms with Gasteiger partial charge in [0.2, 0.25) is 0 Å². The van der Waals surface area contributed by atoms with E-state index >= 15 is 0 Å². The van der Waals surface area contributed by atoms with Crippen LogP contribution < -0.4 is 0 Å². The second kappa shape index (κ2) is 8.99. The van der Waals surface area contributed by atoms with Crippen LogP contribution >= 0.6 is 0 Å². The quantitative estimate of drug-likeness (QED) is 0.740. The molecule has 1 saturated carbocycles. The van der Waals surface area contributed by atoms with Crippen molar-refractivity contribution in [3.05, 3.63) is 71.5 Å². The van der Waals surface area contributed by atoms with Crippen molar-refractivity contribution in [1.29, 1.82) is 0 Å². The minimum Gasteiger partial charge on any atom is -0.389 e. The standard InChI is InChI=1S/C24H32FNO/c1-26(2)17-14-23(21-6-4-3-5-7-21)24(27)15-12-20(13-16-24)18-19-8-10-22(25)11-9-19/h3-11,20,23,27H,12-18H2,1-2H3. The molecular formula is C24H32FNO. The summed E-state index contributed by atoms with van der Waals surface area (Å²) in [6, 6.07) is 17.4. The summed E-state index contributed by atoms with van der Waals surface area (Å²) in [5, 5.41) is 11.5. The Balaban J connectivity index is 1.66. The van der Waals surface area contributed by atoms with Crippen molar-refractivity contribution in [3.63, 3.8) is 0 Å². The van der Waals surface area contributed by atoms with Gasteiger partial charge in [-0.3, -0.25) is 0 Å². The van der Waals surface area contributed by atoms with E-state index in [1.807, 2.05) is 18.2 Å². The third-order valence-electron chi connectivity index (χ3n) is 6.12. The predicted octanol–water partition coefficient (Wildman–Crippen LogP) is 5.03. The lowest BCUT2D eigenvalue weighted by molar-refractivity contribution is -0.0367. The largest absolute Gasteiger partial charge is 0.389 e. The fourth-order valence-corrected chi connectivity index (χ4v) is 4.50. The second-order valence-corrected chi connectivity index (χ2v) is 8.43. The van der Waals surface area contributed by atoms with Crippen LogP contribution in [0.15, 0.2) is 54.6 Å². The molecule has 0 bridgehead atoms. The summed E-state index contributed by atoms with van der Waals surface area (Å²) in [6.45, 7) is 0.973. The number of nitrogens with zero attached hydrogens (tertiary/aromatic N) is 1. The number of rotatable bonds is 7. The van der Waals surface area contributed by atoms with E-state index in [9.17, 15) is 9.50 Å². The normalized spacial score (nSPS) is 24.1. The fourth-order valence-electron chi connectivity index (χ4n) is 4.50. The highest BCUT2D eigenvalue weighted by molar-refractivity contribution is 5.24. The minimum atomic E-state index is -0.628. The molecule has 0 spiro atoms. The molecule has 2 nitrogen and oxygen atoms in total. The number of aliphatic hydroxyl groups is 1. The van der Waals surface area contributed by atoms with Gasteiger partial charge in [0.25, 0.3) is 0 Å². The van der Waals surface area contributed by atoms with Crippen molar-refractivity contribution < 1.29 is 9.50 Å². The maximum absolute atomic E-state index is 13.1. The van der Waals surface area contributed by atoms with Crippen LogP contribution in [0.3, 0.4) is 0 Å². The maximum Gasteiger partial charge on any atom is 0.123 e. The molecule has 27 heavy (non-hydrogen) atoms. The Hall–Kier alpha value is -1.71. The van der Waals surface area contributed by atoms with Crippen molar-refractivity contribution in [2.24, 2.45) is 5.92 Å². The van der Waals surface area contributed by atoms with Gasteiger partial charge in [0, 0.05) is 5.92 Å². The minimum absolute atomic E-state index is 0.174. The van der Waals surface area contributed by atoms with Crippen LogP contribution in [0.4, 0.5) is 4.39 Å². The van der Waals surface area contributed by atoms with Crippen LogP contribution in [0.2, 0.25) is 0 Å². The average Bonchev–Trinajstić information content (AvgIpc) is 2.66. The Morgan fingerprint density at radius 2 is 1.67 bits per heavy atom. The first-order valence-electron chi connectivity index (χ1n) is 10.1. The molecule has 2 aromatic carbocycles. The van der Waals surface area contributed by atoms with Crippen LogP contribution in [0.1, 0.15) is 49.1 Å². The molecule has 0 radical (unpaired) electrons. The highest BCUT2D eigenvalue weighted by Gasteiger charge is 2.40. The van der Waals surface area contributed by atoms with E-state index < -0.39 is 5.60 Å².